The average molecular weight is 341 g/mol. The molecule has 102 valence electrons. The van der Waals surface area contributed by atoms with E-state index < -0.39 is 5.51 Å². The molecular formula is C13H16BrF3S. The smallest absolute Gasteiger partial charge is 0.160 e. The summed E-state index contributed by atoms with van der Waals surface area (Å²) in [6.07, 6.45) is 1.34. The molecule has 0 aliphatic heterocycles. The second kappa shape index (κ2) is 6.85. The maximum Gasteiger partial charge on any atom is 0.441 e. The first-order valence-electron chi connectivity index (χ1n) is 5.76. The van der Waals surface area contributed by atoms with Crippen LogP contribution in [0.4, 0.5) is 13.2 Å². The van der Waals surface area contributed by atoms with Crippen LogP contribution in [0.5, 0.6) is 0 Å². The van der Waals surface area contributed by atoms with E-state index in [4.69, 9.17) is 0 Å². The van der Waals surface area contributed by atoms with Crippen molar-refractivity contribution in [2.45, 2.75) is 30.7 Å². The number of halogens is 4. The van der Waals surface area contributed by atoms with Crippen molar-refractivity contribution < 1.29 is 13.2 Å². The second-order valence-electron chi connectivity index (χ2n) is 4.18. The summed E-state index contributed by atoms with van der Waals surface area (Å²) in [5.41, 5.74) is -3.24. The first kappa shape index (κ1) is 15.9. The lowest BCUT2D eigenvalue weighted by molar-refractivity contribution is -0.0328. The van der Waals surface area contributed by atoms with Crippen LogP contribution >= 0.6 is 27.7 Å². The van der Waals surface area contributed by atoms with Crippen molar-refractivity contribution in [3.63, 3.8) is 0 Å². The van der Waals surface area contributed by atoms with Crippen molar-refractivity contribution in [2.75, 3.05) is 11.1 Å². The number of rotatable bonds is 6. The van der Waals surface area contributed by atoms with E-state index in [0.717, 1.165) is 12.0 Å². The third kappa shape index (κ3) is 4.50. The molecule has 1 unspecified atom stereocenters. The number of hydrogen-bond donors (Lipinski definition) is 0. The Morgan fingerprint density at radius 1 is 1.17 bits per heavy atom. The van der Waals surface area contributed by atoms with Gasteiger partial charge in [-0.3, -0.25) is 0 Å². The Morgan fingerprint density at radius 3 is 2.22 bits per heavy atom. The van der Waals surface area contributed by atoms with Gasteiger partial charge in [-0.1, -0.05) is 64.9 Å². The standard InChI is InChI=1S/C13H16BrF3S/c1-2-12(10-14,8-9-18-13(15,16)17)11-6-4-3-5-7-11/h3-7H,2,8-10H2,1H3. The molecule has 0 saturated carbocycles. The lowest BCUT2D eigenvalue weighted by atomic mass is 9.78. The summed E-state index contributed by atoms with van der Waals surface area (Å²) in [6.45, 7) is 2.02. The summed E-state index contributed by atoms with van der Waals surface area (Å²) >= 11 is 3.53. The molecule has 0 fully saturated rings. The first-order chi connectivity index (χ1) is 8.43. The van der Waals surface area contributed by atoms with Gasteiger partial charge in [0.1, 0.15) is 0 Å². The molecule has 0 amide bonds. The van der Waals surface area contributed by atoms with Gasteiger partial charge in [-0.2, -0.15) is 13.2 Å². The molecule has 0 bridgehead atoms. The van der Waals surface area contributed by atoms with Gasteiger partial charge in [-0.15, -0.1) is 0 Å². The van der Waals surface area contributed by atoms with Gasteiger partial charge in [0.2, 0.25) is 0 Å². The zero-order valence-corrected chi connectivity index (χ0v) is 12.5. The maximum atomic E-state index is 12.2. The highest BCUT2D eigenvalue weighted by Crippen LogP contribution is 2.38. The molecule has 0 aliphatic rings. The summed E-state index contributed by atoms with van der Waals surface area (Å²) in [5.74, 6) is 0.0951. The highest BCUT2D eigenvalue weighted by Gasteiger charge is 2.33. The lowest BCUT2D eigenvalue weighted by Gasteiger charge is -2.31. The fraction of sp³-hybridized carbons (Fsp3) is 0.538. The molecule has 18 heavy (non-hydrogen) atoms. The van der Waals surface area contributed by atoms with Crippen LogP contribution in [0.25, 0.3) is 0 Å². The summed E-state index contributed by atoms with van der Waals surface area (Å²) in [7, 11) is 0. The molecule has 0 nitrogen and oxygen atoms in total. The van der Waals surface area contributed by atoms with Crippen molar-refractivity contribution in [1.29, 1.82) is 0 Å². The number of benzene rings is 1. The third-order valence-electron chi connectivity index (χ3n) is 3.17. The van der Waals surface area contributed by atoms with Crippen LogP contribution in [0, 0.1) is 0 Å². The van der Waals surface area contributed by atoms with E-state index in [0.29, 0.717) is 11.8 Å². The molecule has 1 atom stereocenters. The Hall–Kier alpha value is -0.160. The van der Waals surface area contributed by atoms with E-state index in [9.17, 15) is 13.2 Å². The van der Waals surface area contributed by atoms with Crippen LogP contribution < -0.4 is 0 Å². The van der Waals surface area contributed by atoms with Crippen molar-refractivity contribution in [3.8, 4) is 0 Å². The van der Waals surface area contributed by atoms with Crippen LogP contribution in [0.15, 0.2) is 30.3 Å². The van der Waals surface area contributed by atoms with E-state index >= 15 is 0 Å². The minimum atomic E-state index is -4.14. The average Bonchev–Trinajstić information content (AvgIpc) is 2.35. The van der Waals surface area contributed by atoms with E-state index in [1.54, 1.807) is 0 Å². The molecule has 0 N–H and O–H groups in total. The second-order valence-corrected chi connectivity index (χ2v) is 5.90. The Balaban J connectivity index is 2.76. The summed E-state index contributed by atoms with van der Waals surface area (Å²) in [4.78, 5) is 0. The molecule has 1 aromatic carbocycles. The van der Waals surface area contributed by atoms with Crippen molar-refractivity contribution >= 4 is 27.7 Å². The predicted octanol–water partition coefficient (Wildman–Crippen LogP) is 5.37. The third-order valence-corrected chi connectivity index (χ3v) is 4.97. The topological polar surface area (TPSA) is 0 Å². The number of hydrogen-bond acceptors (Lipinski definition) is 1. The van der Waals surface area contributed by atoms with Crippen LogP contribution in [0.2, 0.25) is 0 Å². The molecule has 0 aromatic heterocycles. The summed E-state index contributed by atoms with van der Waals surface area (Å²) in [5, 5.41) is 0.679. The molecule has 0 aliphatic carbocycles. The summed E-state index contributed by atoms with van der Waals surface area (Å²) in [6, 6.07) is 9.76. The molecule has 0 heterocycles. The van der Waals surface area contributed by atoms with E-state index in [2.05, 4.69) is 15.9 Å². The monoisotopic (exact) mass is 340 g/mol. The van der Waals surface area contributed by atoms with Gasteiger partial charge in [0.25, 0.3) is 0 Å². The van der Waals surface area contributed by atoms with Gasteiger partial charge in [-0.05, 0) is 18.4 Å². The molecule has 0 radical (unpaired) electrons. The predicted molar refractivity (Wildman–Crippen MR) is 75.3 cm³/mol. The van der Waals surface area contributed by atoms with Crippen molar-refractivity contribution in [1.82, 2.24) is 0 Å². The normalized spacial score (nSPS) is 15.4. The molecule has 5 heteroatoms. The molecule has 1 aromatic rings. The van der Waals surface area contributed by atoms with E-state index in [-0.39, 0.29) is 22.9 Å². The van der Waals surface area contributed by atoms with Crippen molar-refractivity contribution in [3.05, 3.63) is 35.9 Å². The first-order valence-corrected chi connectivity index (χ1v) is 7.86. The number of alkyl halides is 4. The highest BCUT2D eigenvalue weighted by molar-refractivity contribution is 9.09. The molecule has 1 rings (SSSR count). The van der Waals surface area contributed by atoms with Crippen LogP contribution in [0.3, 0.4) is 0 Å². The van der Waals surface area contributed by atoms with Crippen molar-refractivity contribution in [2.24, 2.45) is 0 Å². The quantitative estimate of drug-likeness (QED) is 0.627. The SMILES string of the molecule is CCC(CBr)(CCSC(F)(F)F)c1ccccc1. The largest absolute Gasteiger partial charge is 0.441 e. The van der Waals surface area contributed by atoms with Crippen LogP contribution in [-0.2, 0) is 5.41 Å². The molecule has 0 spiro atoms. The van der Waals surface area contributed by atoms with Gasteiger partial charge >= 0.3 is 5.51 Å². The summed E-state index contributed by atoms with van der Waals surface area (Å²) < 4.78 is 36.6. The van der Waals surface area contributed by atoms with Gasteiger partial charge < -0.3 is 0 Å². The molecule has 0 saturated heterocycles. The van der Waals surface area contributed by atoms with E-state index in [1.807, 2.05) is 37.3 Å². The van der Waals surface area contributed by atoms with Gasteiger partial charge in [-0.25, -0.2) is 0 Å². The van der Waals surface area contributed by atoms with E-state index in [1.165, 1.54) is 0 Å². The molecular weight excluding hydrogens is 325 g/mol. The fourth-order valence-electron chi connectivity index (χ4n) is 1.92. The zero-order valence-electron chi connectivity index (χ0n) is 10.1. The Kier molecular flexibility index (Phi) is 6.05. The lowest BCUT2D eigenvalue weighted by Crippen LogP contribution is -2.28. The van der Waals surface area contributed by atoms with Gasteiger partial charge in [0.15, 0.2) is 0 Å². The number of thioether (sulfide) groups is 1. The zero-order chi connectivity index (χ0) is 13.6. The highest BCUT2D eigenvalue weighted by atomic mass is 79.9. The Morgan fingerprint density at radius 2 is 1.78 bits per heavy atom. The Bertz CT molecular complexity index is 347. The van der Waals surface area contributed by atoms with Crippen LogP contribution in [-0.4, -0.2) is 16.6 Å². The minimum absolute atomic E-state index is 0.0650. The maximum absolute atomic E-state index is 12.2. The van der Waals surface area contributed by atoms with Crippen LogP contribution in [0.1, 0.15) is 25.3 Å². The van der Waals surface area contributed by atoms with Gasteiger partial charge in [0, 0.05) is 16.5 Å². The minimum Gasteiger partial charge on any atom is -0.160 e. The van der Waals surface area contributed by atoms with Gasteiger partial charge in [0.05, 0.1) is 0 Å². The Labute approximate surface area is 118 Å². The fourth-order valence-corrected chi connectivity index (χ4v) is 3.64.